The average Bonchev–Trinajstić information content (AvgIpc) is 2.65. The topological polar surface area (TPSA) is 40.2 Å². The van der Waals surface area contributed by atoms with Crippen LogP contribution in [0.25, 0.3) is 21.8 Å². The number of aryl methyl sites for hydroxylation is 1. The summed E-state index contributed by atoms with van der Waals surface area (Å²) in [6.45, 7) is 2.59. The summed E-state index contributed by atoms with van der Waals surface area (Å²) in [4.78, 5) is 0. The van der Waals surface area contributed by atoms with E-state index in [0.29, 0.717) is 12.3 Å². The van der Waals surface area contributed by atoms with Crippen LogP contribution >= 0.6 is 0 Å². The number of hydrogen-bond donors (Lipinski definition) is 1. The number of hydrogen-bond acceptors (Lipinski definition) is 2. The Morgan fingerprint density at radius 3 is 2.67 bits per heavy atom. The van der Waals surface area contributed by atoms with Gasteiger partial charge in [0.25, 0.3) is 0 Å². The van der Waals surface area contributed by atoms with Gasteiger partial charge >= 0.3 is 0 Å². The van der Waals surface area contributed by atoms with Gasteiger partial charge in [-0.05, 0) is 19.1 Å². The molecule has 1 heterocycles. The molecule has 0 bridgehead atoms. The van der Waals surface area contributed by atoms with Crippen LogP contribution in [0.15, 0.2) is 36.4 Å². The molecule has 0 fully saturated rings. The van der Waals surface area contributed by atoms with Gasteiger partial charge in [0.2, 0.25) is 0 Å². The van der Waals surface area contributed by atoms with Crippen LogP contribution in [-0.4, -0.2) is 11.2 Å². The molecule has 3 nitrogen and oxygen atoms in total. The monoisotopic (exact) mass is 240 g/mol. The zero-order valence-electron chi connectivity index (χ0n) is 10.6. The van der Waals surface area contributed by atoms with Crippen molar-refractivity contribution in [3.8, 4) is 5.75 Å². The minimum Gasteiger partial charge on any atom is -0.492 e. The Morgan fingerprint density at radius 1 is 1.11 bits per heavy atom. The molecule has 0 aliphatic rings. The van der Waals surface area contributed by atoms with E-state index in [1.165, 1.54) is 16.3 Å². The zero-order valence-corrected chi connectivity index (χ0v) is 10.6. The maximum atomic E-state index is 6.04. The van der Waals surface area contributed by atoms with Gasteiger partial charge < -0.3 is 15.0 Å². The maximum absolute atomic E-state index is 6.04. The van der Waals surface area contributed by atoms with Crippen LogP contribution in [-0.2, 0) is 7.05 Å². The second-order valence-corrected chi connectivity index (χ2v) is 4.42. The van der Waals surface area contributed by atoms with Crippen LogP contribution in [0.1, 0.15) is 6.92 Å². The first kappa shape index (κ1) is 11.0. The lowest BCUT2D eigenvalue weighted by molar-refractivity contribution is 0.342. The number of aromatic nitrogens is 1. The fraction of sp³-hybridized carbons (Fsp3) is 0.200. The fourth-order valence-corrected chi connectivity index (χ4v) is 2.48. The summed E-state index contributed by atoms with van der Waals surface area (Å²) < 4.78 is 7.73. The average molecular weight is 240 g/mol. The Kier molecular flexibility index (Phi) is 2.40. The summed E-state index contributed by atoms with van der Waals surface area (Å²) in [6, 6.07) is 12.4. The Labute approximate surface area is 106 Å². The predicted octanol–water partition coefficient (Wildman–Crippen LogP) is 3.31. The SMILES string of the molecule is CCOc1cc2c(cc1N)c1ccccc1n2C. The first-order valence-electron chi connectivity index (χ1n) is 6.12. The summed E-state index contributed by atoms with van der Waals surface area (Å²) in [5, 5.41) is 2.40. The fourth-order valence-electron chi connectivity index (χ4n) is 2.48. The highest BCUT2D eigenvalue weighted by atomic mass is 16.5. The third kappa shape index (κ3) is 1.44. The minimum atomic E-state index is 0.625. The van der Waals surface area contributed by atoms with Crippen molar-refractivity contribution in [2.45, 2.75) is 6.92 Å². The largest absolute Gasteiger partial charge is 0.492 e. The van der Waals surface area contributed by atoms with Crippen molar-refractivity contribution in [3.05, 3.63) is 36.4 Å². The number of para-hydroxylation sites is 1. The van der Waals surface area contributed by atoms with Crippen LogP contribution in [0.5, 0.6) is 5.75 Å². The van der Waals surface area contributed by atoms with Crippen molar-refractivity contribution >= 4 is 27.5 Å². The molecule has 0 saturated carbocycles. The molecule has 0 spiro atoms. The summed E-state index contributed by atoms with van der Waals surface area (Å²) in [7, 11) is 2.07. The van der Waals surface area contributed by atoms with Gasteiger partial charge in [0.05, 0.1) is 17.8 Å². The lowest BCUT2D eigenvalue weighted by Gasteiger charge is -2.07. The molecule has 3 heteroatoms. The molecule has 3 rings (SSSR count). The van der Waals surface area contributed by atoms with Crippen LogP contribution in [0, 0.1) is 0 Å². The van der Waals surface area contributed by atoms with Crippen molar-refractivity contribution < 1.29 is 4.74 Å². The second kappa shape index (κ2) is 3.95. The molecule has 0 saturated heterocycles. The van der Waals surface area contributed by atoms with E-state index >= 15 is 0 Å². The summed E-state index contributed by atoms with van der Waals surface area (Å²) in [5.41, 5.74) is 9.09. The second-order valence-electron chi connectivity index (χ2n) is 4.42. The first-order chi connectivity index (χ1) is 8.72. The van der Waals surface area contributed by atoms with Crippen molar-refractivity contribution in [3.63, 3.8) is 0 Å². The summed E-state index contributed by atoms with van der Waals surface area (Å²) in [5.74, 6) is 0.760. The van der Waals surface area contributed by atoms with Gasteiger partial charge in [-0.3, -0.25) is 0 Å². The number of nitrogens with two attached hydrogens (primary N) is 1. The molecule has 0 unspecified atom stereocenters. The normalized spacial score (nSPS) is 11.2. The van der Waals surface area contributed by atoms with Gasteiger partial charge in [-0.1, -0.05) is 18.2 Å². The van der Waals surface area contributed by atoms with E-state index in [1.54, 1.807) is 0 Å². The Bertz CT molecular complexity index is 728. The van der Waals surface area contributed by atoms with Gasteiger partial charge in [-0.25, -0.2) is 0 Å². The standard InChI is InChI=1S/C15H16N2O/c1-3-18-15-9-14-11(8-12(15)16)10-6-4-5-7-13(10)17(14)2/h4-9H,3,16H2,1-2H3. The van der Waals surface area contributed by atoms with Gasteiger partial charge in [0, 0.05) is 29.4 Å². The minimum absolute atomic E-state index is 0.625. The molecule has 0 aliphatic heterocycles. The predicted molar refractivity (Wildman–Crippen MR) is 76.0 cm³/mol. The van der Waals surface area contributed by atoms with E-state index in [4.69, 9.17) is 10.5 Å². The quantitative estimate of drug-likeness (QED) is 0.698. The summed E-state index contributed by atoms with van der Waals surface area (Å²) in [6.07, 6.45) is 0. The third-order valence-electron chi connectivity index (χ3n) is 3.34. The molecular formula is C15H16N2O. The van der Waals surface area contributed by atoms with E-state index < -0.39 is 0 Å². The van der Waals surface area contributed by atoms with Gasteiger partial charge in [-0.15, -0.1) is 0 Å². The Balaban J connectivity index is 2.41. The number of fused-ring (bicyclic) bond motifs is 3. The first-order valence-corrected chi connectivity index (χ1v) is 6.12. The van der Waals surface area contributed by atoms with E-state index in [1.807, 2.05) is 25.1 Å². The molecule has 92 valence electrons. The molecule has 2 N–H and O–H groups in total. The number of nitrogens with zero attached hydrogens (tertiary/aromatic N) is 1. The molecule has 18 heavy (non-hydrogen) atoms. The highest BCUT2D eigenvalue weighted by molar-refractivity contribution is 6.09. The molecule has 0 amide bonds. The van der Waals surface area contributed by atoms with Crippen molar-refractivity contribution in [2.24, 2.45) is 7.05 Å². The number of anilines is 1. The summed E-state index contributed by atoms with van der Waals surface area (Å²) >= 11 is 0. The molecular weight excluding hydrogens is 224 g/mol. The molecule has 0 radical (unpaired) electrons. The molecule has 1 aromatic heterocycles. The van der Waals surface area contributed by atoms with Gasteiger partial charge in [-0.2, -0.15) is 0 Å². The van der Waals surface area contributed by atoms with Crippen molar-refractivity contribution in [2.75, 3.05) is 12.3 Å². The molecule has 0 atom stereocenters. The van der Waals surface area contributed by atoms with E-state index in [-0.39, 0.29) is 0 Å². The van der Waals surface area contributed by atoms with Crippen molar-refractivity contribution in [1.82, 2.24) is 4.57 Å². The van der Waals surface area contributed by atoms with Crippen LogP contribution < -0.4 is 10.5 Å². The van der Waals surface area contributed by atoms with Gasteiger partial charge in [0.1, 0.15) is 5.75 Å². The number of nitrogen functional groups attached to an aromatic ring is 1. The van der Waals surface area contributed by atoms with E-state index in [0.717, 1.165) is 11.3 Å². The van der Waals surface area contributed by atoms with Crippen LogP contribution in [0.2, 0.25) is 0 Å². The van der Waals surface area contributed by atoms with Gasteiger partial charge in [0.15, 0.2) is 0 Å². The highest BCUT2D eigenvalue weighted by Crippen LogP contribution is 2.34. The third-order valence-corrected chi connectivity index (χ3v) is 3.34. The lowest BCUT2D eigenvalue weighted by atomic mass is 10.1. The van der Waals surface area contributed by atoms with E-state index in [2.05, 4.69) is 29.8 Å². The number of ether oxygens (including phenoxy) is 1. The molecule has 0 aliphatic carbocycles. The zero-order chi connectivity index (χ0) is 12.7. The van der Waals surface area contributed by atoms with Crippen LogP contribution in [0.4, 0.5) is 5.69 Å². The van der Waals surface area contributed by atoms with E-state index in [9.17, 15) is 0 Å². The molecule has 2 aromatic carbocycles. The Morgan fingerprint density at radius 2 is 1.89 bits per heavy atom. The van der Waals surface area contributed by atoms with Crippen molar-refractivity contribution in [1.29, 1.82) is 0 Å². The smallest absolute Gasteiger partial charge is 0.144 e. The number of rotatable bonds is 2. The number of benzene rings is 2. The lowest BCUT2D eigenvalue weighted by Crippen LogP contribution is -1.97. The Hall–Kier alpha value is -2.16. The highest BCUT2D eigenvalue weighted by Gasteiger charge is 2.11. The maximum Gasteiger partial charge on any atom is 0.144 e. The van der Waals surface area contributed by atoms with Crippen LogP contribution in [0.3, 0.4) is 0 Å². The molecule has 3 aromatic rings.